The first-order valence-electron chi connectivity index (χ1n) is 7.29. The van der Waals surface area contributed by atoms with E-state index in [1.54, 1.807) is 0 Å². The molecule has 2 rings (SSSR count). The molecule has 0 aromatic carbocycles. The minimum Gasteiger partial charge on any atom is -0.377 e. The van der Waals surface area contributed by atoms with Crippen molar-refractivity contribution in [2.45, 2.75) is 51.2 Å². The number of nitrogens with one attached hydrogen (secondary N) is 1. The average molecular weight is 240 g/mol. The lowest BCUT2D eigenvalue weighted by atomic mass is 10.1. The highest BCUT2D eigenvalue weighted by molar-refractivity contribution is 4.83. The van der Waals surface area contributed by atoms with Crippen LogP contribution in [0.4, 0.5) is 0 Å². The summed E-state index contributed by atoms with van der Waals surface area (Å²) in [6.45, 7) is 6.63. The molecule has 2 atom stereocenters. The minimum absolute atomic E-state index is 0.481. The van der Waals surface area contributed by atoms with Gasteiger partial charge in [-0.3, -0.25) is 0 Å². The maximum absolute atomic E-state index is 5.76. The molecule has 0 spiro atoms. The fraction of sp³-hybridized carbons (Fsp3) is 1.00. The number of likely N-dealkylation sites (N-methyl/N-ethyl adjacent to an activating group) is 1. The number of ether oxygens (including phenoxy) is 1. The van der Waals surface area contributed by atoms with E-state index in [-0.39, 0.29) is 0 Å². The Hall–Kier alpha value is -0.120. The van der Waals surface area contributed by atoms with Gasteiger partial charge >= 0.3 is 0 Å². The van der Waals surface area contributed by atoms with Gasteiger partial charge in [0.1, 0.15) is 0 Å². The lowest BCUT2D eigenvalue weighted by molar-refractivity contribution is -0.00130. The van der Waals surface area contributed by atoms with Crippen LogP contribution in [0.3, 0.4) is 0 Å². The number of rotatable bonds is 7. The smallest absolute Gasteiger partial charge is 0.0701 e. The molecule has 17 heavy (non-hydrogen) atoms. The Morgan fingerprint density at radius 1 is 1.29 bits per heavy atom. The van der Waals surface area contributed by atoms with Gasteiger partial charge in [-0.15, -0.1) is 0 Å². The number of nitrogens with zero attached hydrogens (tertiary/aromatic N) is 1. The molecule has 3 nitrogen and oxygen atoms in total. The first-order valence-corrected chi connectivity index (χ1v) is 7.29. The Balaban J connectivity index is 1.51. The van der Waals surface area contributed by atoms with Crippen molar-refractivity contribution in [2.24, 2.45) is 5.92 Å². The standard InChI is InChI=1S/C14H28N2O/c1-12(13-6-7-13)15-8-9-16(2)11-14-5-3-4-10-17-14/h12-15H,3-11H2,1-2H3. The fourth-order valence-electron chi connectivity index (χ4n) is 2.64. The normalized spacial score (nSPS) is 27.4. The first-order chi connectivity index (χ1) is 8.25. The summed E-state index contributed by atoms with van der Waals surface area (Å²) in [6, 6.07) is 0.717. The van der Waals surface area contributed by atoms with Crippen molar-refractivity contribution in [2.75, 3.05) is 33.3 Å². The van der Waals surface area contributed by atoms with E-state index >= 15 is 0 Å². The molecule has 1 saturated heterocycles. The molecule has 0 bridgehead atoms. The molecule has 0 aromatic rings. The Morgan fingerprint density at radius 2 is 2.12 bits per heavy atom. The van der Waals surface area contributed by atoms with Crippen LogP contribution in [0.25, 0.3) is 0 Å². The van der Waals surface area contributed by atoms with Crippen molar-refractivity contribution in [3.8, 4) is 0 Å². The molecular formula is C14H28N2O. The summed E-state index contributed by atoms with van der Waals surface area (Å²) < 4.78 is 5.76. The van der Waals surface area contributed by atoms with Crippen molar-refractivity contribution in [1.82, 2.24) is 10.2 Å². The summed E-state index contributed by atoms with van der Waals surface area (Å²) in [6.07, 6.45) is 7.18. The van der Waals surface area contributed by atoms with Crippen LogP contribution in [0.15, 0.2) is 0 Å². The van der Waals surface area contributed by atoms with E-state index in [9.17, 15) is 0 Å². The van der Waals surface area contributed by atoms with Crippen molar-refractivity contribution in [1.29, 1.82) is 0 Å². The van der Waals surface area contributed by atoms with Gasteiger partial charge in [-0.05, 0) is 52.0 Å². The van der Waals surface area contributed by atoms with E-state index in [1.807, 2.05) is 0 Å². The second kappa shape index (κ2) is 6.72. The molecule has 1 N–H and O–H groups in total. The van der Waals surface area contributed by atoms with E-state index in [1.165, 1.54) is 32.1 Å². The van der Waals surface area contributed by atoms with Gasteiger partial charge < -0.3 is 15.0 Å². The summed E-state index contributed by atoms with van der Waals surface area (Å²) >= 11 is 0. The predicted molar refractivity (Wildman–Crippen MR) is 71.3 cm³/mol. The van der Waals surface area contributed by atoms with Crippen LogP contribution >= 0.6 is 0 Å². The van der Waals surface area contributed by atoms with Crippen molar-refractivity contribution < 1.29 is 4.74 Å². The zero-order valence-electron chi connectivity index (χ0n) is 11.5. The largest absolute Gasteiger partial charge is 0.377 e. The van der Waals surface area contributed by atoms with Gasteiger partial charge in [-0.2, -0.15) is 0 Å². The third-order valence-electron chi connectivity index (χ3n) is 4.08. The van der Waals surface area contributed by atoms with Gasteiger partial charge in [0.25, 0.3) is 0 Å². The highest BCUT2D eigenvalue weighted by Crippen LogP contribution is 2.32. The van der Waals surface area contributed by atoms with Crippen LogP contribution in [-0.4, -0.2) is 50.3 Å². The van der Waals surface area contributed by atoms with Crippen molar-refractivity contribution >= 4 is 0 Å². The molecule has 2 fully saturated rings. The van der Waals surface area contributed by atoms with Gasteiger partial charge in [-0.25, -0.2) is 0 Å². The lowest BCUT2D eigenvalue weighted by Gasteiger charge is -2.27. The molecule has 1 heterocycles. The molecular weight excluding hydrogens is 212 g/mol. The van der Waals surface area contributed by atoms with E-state index in [2.05, 4.69) is 24.2 Å². The topological polar surface area (TPSA) is 24.5 Å². The van der Waals surface area contributed by atoms with E-state index in [0.717, 1.165) is 32.2 Å². The third-order valence-corrected chi connectivity index (χ3v) is 4.08. The van der Waals surface area contributed by atoms with E-state index in [0.29, 0.717) is 12.1 Å². The van der Waals surface area contributed by atoms with Gasteiger partial charge in [-0.1, -0.05) is 0 Å². The van der Waals surface area contributed by atoms with Gasteiger partial charge in [0.15, 0.2) is 0 Å². The molecule has 1 saturated carbocycles. The summed E-state index contributed by atoms with van der Waals surface area (Å²) in [5, 5.41) is 3.63. The molecule has 1 aliphatic carbocycles. The van der Waals surface area contributed by atoms with Crippen LogP contribution in [0.5, 0.6) is 0 Å². The molecule has 0 aromatic heterocycles. The highest BCUT2D eigenvalue weighted by atomic mass is 16.5. The molecule has 0 radical (unpaired) electrons. The fourth-order valence-corrected chi connectivity index (χ4v) is 2.64. The van der Waals surface area contributed by atoms with Crippen LogP contribution in [0.2, 0.25) is 0 Å². The molecule has 2 aliphatic rings. The Bertz CT molecular complexity index is 212. The average Bonchev–Trinajstić information content (AvgIpc) is 3.14. The van der Waals surface area contributed by atoms with Gasteiger partial charge in [0.05, 0.1) is 6.10 Å². The summed E-state index contributed by atoms with van der Waals surface area (Å²) in [7, 11) is 2.21. The number of hydrogen-bond acceptors (Lipinski definition) is 3. The maximum atomic E-state index is 5.76. The second-order valence-corrected chi connectivity index (χ2v) is 5.83. The number of hydrogen-bond donors (Lipinski definition) is 1. The second-order valence-electron chi connectivity index (χ2n) is 5.83. The van der Waals surface area contributed by atoms with Crippen LogP contribution in [-0.2, 0) is 4.74 Å². The molecule has 1 aliphatic heterocycles. The Labute approximate surface area is 106 Å². The van der Waals surface area contributed by atoms with E-state index < -0.39 is 0 Å². The highest BCUT2D eigenvalue weighted by Gasteiger charge is 2.27. The van der Waals surface area contributed by atoms with Gasteiger partial charge in [0.2, 0.25) is 0 Å². The zero-order valence-corrected chi connectivity index (χ0v) is 11.5. The summed E-state index contributed by atoms with van der Waals surface area (Å²) in [5.41, 5.74) is 0. The Morgan fingerprint density at radius 3 is 2.76 bits per heavy atom. The van der Waals surface area contributed by atoms with Crippen molar-refractivity contribution in [3.05, 3.63) is 0 Å². The molecule has 0 amide bonds. The zero-order chi connectivity index (χ0) is 12.1. The quantitative estimate of drug-likeness (QED) is 0.735. The third kappa shape index (κ3) is 4.94. The molecule has 2 unspecified atom stereocenters. The predicted octanol–water partition coefficient (Wildman–Crippen LogP) is 1.88. The minimum atomic E-state index is 0.481. The SMILES string of the molecule is CC(NCCN(C)CC1CCCCO1)C1CC1. The first kappa shape index (κ1) is 13.3. The van der Waals surface area contributed by atoms with E-state index in [4.69, 9.17) is 4.74 Å². The summed E-state index contributed by atoms with van der Waals surface area (Å²) in [5.74, 6) is 0.960. The van der Waals surface area contributed by atoms with Gasteiger partial charge in [0, 0.05) is 32.3 Å². The molecule has 3 heteroatoms. The maximum Gasteiger partial charge on any atom is 0.0701 e. The van der Waals surface area contributed by atoms with Crippen LogP contribution in [0, 0.1) is 5.92 Å². The monoisotopic (exact) mass is 240 g/mol. The van der Waals surface area contributed by atoms with Crippen molar-refractivity contribution in [3.63, 3.8) is 0 Å². The van der Waals surface area contributed by atoms with Crippen LogP contribution in [0.1, 0.15) is 39.0 Å². The summed E-state index contributed by atoms with van der Waals surface area (Å²) in [4.78, 5) is 2.41. The lowest BCUT2D eigenvalue weighted by Crippen LogP contribution is -2.39. The van der Waals surface area contributed by atoms with Crippen LogP contribution < -0.4 is 5.32 Å². The molecule has 100 valence electrons. The Kier molecular flexibility index (Phi) is 5.26.